The van der Waals surface area contributed by atoms with Crippen LogP contribution in [0.1, 0.15) is 5.56 Å². The molecular formula is C16H15IN2O4. The summed E-state index contributed by atoms with van der Waals surface area (Å²) in [6, 6.07) is 13.1. The molecule has 0 heterocycles. The van der Waals surface area contributed by atoms with Crippen molar-refractivity contribution in [2.45, 2.75) is 0 Å². The number of benzene rings is 2. The highest BCUT2D eigenvalue weighted by molar-refractivity contribution is 14.1. The molecule has 23 heavy (non-hydrogen) atoms. The smallest absolute Gasteiger partial charge is 0.341 e. The van der Waals surface area contributed by atoms with Crippen LogP contribution < -0.4 is 14.9 Å². The second kappa shape index (κ2) is 8.37. The number of nitrogens with one attached hydrogen (secondary N) is 1. The summed E-state index contributed by atoms with van der Waals surface area (Å²) < 4.78 is 11.3. The summed E-state index contributed by atoms with van der Waals surface area (Å²) >= 11 is 2.07. The highest BCUT2D eigenvalue weighted by atomic mass is 127. The Bertz CT molecular complexity index is 705. The maximum absolute atomic E-state index is 10.6. The van der Waals surface area contributed by atoms with Crippen LogP contribution in [0.4, 0.5) is 5.69 Å². The van der Waals surface area contributed by atoms with Gasteiger partial charge in [0.2, 0.25) is 0 Å². The van der Waals surface area contributed by atoms with Gasteiger partial charge in [0.1, 0.15) is 0 Å². The Hall–Kier alpha value is -2.29. The fraction of sp³-hybridized carbons (Fsp3) is 0.125. The summed E-state index contributed by atoms with van der Waals surface area (Å²) in [4.78, 5) is 10.6. The molecule has 0 amide bonds. The minimum absolute atomic E-state index is 0.406. The van der Waals surface area contributed by atoms with Gasteiger partial charge in [-0.2, -0.15) is 5.10 Å². The fourth-order valence-corrected chi connectivity index (χ4v) is 2.56. The SMILES string of the molecule is COc1cc(C=NNc2ccccc2)cc(I)c1OCC(=O)O. The molecule has 0 saturated heterocycles. The normalized spacial score (nSPS) is 10.5. The van der Waals surface area contributed by atoms with Crippen molar-refractivity contribution in [1.82, 2.24) is 0 Å². The minimum atomic E-state index is -1.04. The monoisotopic (exact) mass is 426 g/mol. The minimum Gasteiger partial charge on any atom is -0.493 e. The molecule has 0 radical (unpaired) electrons. The number of aliphatic carboxylic acids is 1. The maximum atomic E-state index is 10.6. The zero-order valence-electron chi connectivity index (χ0n) is 12.3. The Morgan fingerprint density at radius 1 is 1.35 bits per heavy atom. The van der Waals surface area contributed by atoms with Crippen LogP contribution in [0.5, 0.6) is 11.5 Å². The zero-order chi connectivity index (χ0) is 16.7. The molecule has 2 N–H and O–H groups in total. The van der Waals surface area contributed by atoms with Gasteiger partial charge in [0.05, 0.1) is 22.6 Å². The van der Waals surface area contributed by atoms with E-state index in [2.05, 4.69) is 33.1 Å². The largest absolute Gasteiger partial charge is 0.493 e. The van der Waals surface area contributed by atoms with Crippen molar-refractivity contribution in [2.75, 3.05) is 19.1 Å². The first-order valence-electron chi connectivity index (χ1n) is 6.66. The van der Waals surface area contributed by atoms with Gasteiger partial charge >= 0.3 is 5.97 Å². The third-order valence-corrected chi connectivity index (χ3v) is 3.57. The van der Waals surface area contributed by atoms with Gasteiger partial charge in [-0.1, -0.05) is 18.2 Å². The van der Waals surface area contributed by atoms with Gasteiger partial charge in [-0.25, -0.2) is 4.79 Å². The van der Waals surface area contributed by atoms with Crippen LogP contribution in [0.3, 0.4) is 0 Å². The molecule has 0 aliphatic carbocycles. The number of ether oxygens (including phenoxy) is 2. The lowest BCUT2D eigenvalue weighted by molar-refractivity contribution is -0.139. The molecule has 0 aromatic heterocycles. The van der Waals surface area contributed by atoms with Gasteiger partial charge in [0.15, 0.2) is 18.1 Å². The number of anilines is 1. The lowest BCUT2D eigenvalue weighted by atomic mass is 10.2. The summed E-state index contributed by atoms with van der Waals surface area (Å²) in [5.41, 5.74) is 4.61. The number of rotatable bonds is 7. The number of halogens is 1. The zero-order valence-corrected chi connectivity index (χ0v) is 14.5. The highest BCUT2D eigenvalue weighted by Crippen LogP contribution is 2.33. The quantitative estimate of drug-likeness (QED) is 0.404. The van der Waals surface area contributed by atoms with Gasteiger partial charge in [-0.05, 0) is 52.4 Å². The molecule has 0 fully saturated rings. The number of para-hydroxylation sites is 1. The van der Waals surface area contributed by atoms with Crippen LogP contribution in [0, 0.1) is 3.57 Å². The molecule has 0 spiro atoms. The third kappa shape index (κ3) is 5.13. The van der Waals surface area contributed by atoms with E-state index in [-0.39, 0.29) is 0 Å². The predicted octanol–water partition coefficient (Wildman–Crippen LogP) is 3.21. The molecule has 6 nitrogen and oxygen atoms in total. The van der Waals surface area contributed by atoms with Crippen molar-refractivity contribution >= 4 is 40.5 Å². The summed E-state index contributed by atoms with van der Waals surface area (Å²) in [7, 11) is 1.50. The van der Waals surface area contributed by atoms with Crippen LogP contribution in [-0.4, -0.2) is 31.0 Å². The van der Waals surface area contributed by atoms with E-state index in [4.69, 9.17) is 14.6 Å². The van der Waals surface area contributed by atoms with Crippen molar-refractivity contribution in [3.8, 4) is 11.5 Å². The second-order valence-electron chi connectivity index (χ2n) is 4.45. The number of hydrogen-bond donors (Lipinski definition) is 2. The van der Waals surface area contributed by atoms with Gasteiger partial charge < -0.3 is 14.6 Å². The topological polar surface area (TPSA) is 80.1 Å². The van der Waals surface area contributed by atoms with E-state index in [9.17, 15) is 4.79 Å². The van der Waals surface area contributed by atoms with Crippen molar-refractivity contribution in [1.29, 1.82) is 0 Å². The average Bonchev–Trinajstić information content (AvgIpc) is 2.54. The molecule has 0 aliphatic rings. The molecule has 2 rings (SSSR count). The number of hydrogen-bond acceptors (Lipinski definition) is 5. The van der Waals surface area contributed by atoms with E-state index >= 15 is 0 Å². The number of nitrogens with zero attached hydrogens (tertiary/aromatic N) is 1. The van der Waals surface area contributed by atoms with Crippen LogP contribution in [0.15, 0.2) is 47.6 Å². The fourth-order valence-electron chi connectivity index (χ4n) is 1.78. The molecule has 0 unspecified atom stereocenters. The van der Waals surface area contributed by atoms with Crippen molar-refractivity contribution in [2.24, 2.45) is 5.10 Å². The Kier molecular flexibility index (Phi) is 6.21. The number of carboxylic acid groups (broad SMARTS) is 1. The average molecular weight is 426 g/mol. The van der Waals surface area contributed by atoms with E-state index in [1.807, 2.05) is 36.4 Å². The summed E-state index contributed by atoms with van der Waals surface area (Å²) in [6.07, 6.45) is 1.65. The van der Waals surface area contributed by atoms with Crippen LogP contribution >= 0.6 is 22.6 Å². The van der Waals surface area contributed by atoms with Gasteiger partial charge in [-0.3, -0.25) is 5.43 Å². The highest BCUT2D eigenvalue weighted by Gasteiger charge is 2.12. The first-order valence-corrected chi connectivity index (χ1v) is 7.74. The molecule has 0 aliphatic heterocycles. The first-order chi connectivity index (χ1) is 11.1. The van der Waals surface area contributed by atoms with Gasteiger partial charge in [0, 0.05) is 0 Å². The molecule has 0 saturated carbocycles. The molecule has 2 aromatic rings. The Morgan fingerprint density at radius 3 is 2.74 bits per heavy atom. The van der Waals surface area contributed by atoms with E-state index < -0.39 is 12.6 Å². The Balaban J connectivity index is 2.13. The van der Waals surface area contributed by atoms with Gasteiger partial charge in [0.25, 0.3) is 0 Å². The van der Waals surface area contributed by atoms with Crippen LogP contribution in [0.25, 0.3) is 0 Å². The molecule has 2 aromatic carbocycles. The summed E-state index contributed by atoms with van der Waals surface area (Å²) in [5, 5.41) is 12.9. The first kappa shape index (κ1) is 17.1. The lowest BCUT2D eigenvalue weighted by Gasteiger charge is -2.12. The van der Waals surface area contributed by atoms with Gasteiger partial charge in [-0.15, -0.1) is 0 Å². The standard InChI is InChI=1S/C16H15IN2O4/c1-22-14-8-11(7-13(17)16(14)23-10-15(20)21)9-18-19-12-5-3-2-4-6-12/h2-9,19H,10H2,1H3,(H,20,21). The Labute approximate surface area is 147 Å². The Morgan fingerprint density at radius 2 is 2.09 bits per heavy atom. The van der Waals surface area contributed by atoms with E-state index in [0.29, 0.717) is 11.5 Å². The molecular weight excluding hydrogens is 411 g/mol. The molecule has 120 valence electrons. The number of hydrazone groups is 1. The van der Waals surface area contributed by atoms with Crippen LogP contribution in [0.2, 0.25) is 0 Å². The van der Waals surface area contributed by atoms with E-state index in [1.54, 1.807) is 12.3 Å². The molecule has 7 heteroatoms. The van der Waals surface area contributed by atoms with E-state index in [1.165, 1.54) is 7.11 Å². The number of carbonyl (C=O) groups is 1. The van der Waals surface area contributed by atoms with Crippen molar-refractivity contribution in [3.05, 3.63) is 51.6 Å². The molecule has 0 bridgehead atoms. The number of methoxy groups -OCH3 is 1. The number of carboxylic acids is 1. The van der Waals surface area contributed by atoms with Crippen LogP contribution in [-0.2, 0) is 4.79 Å². The predicted molar refractivity (Wildman–Crippen MR) is 96.5 cm³/mol. The van der Waals surface area contributed by atoms with Crippen molar-refractivity contribution in [3.63, 3.8) is 0 Å². The molecule has 0 atom stereocenters. The van der Waals surface area contributed by atoms with E-state index in [0.717, 1.165) is 14.8 Å². The maximum Gasteiger partial charge on any atom is 0.341 e. The summed E-state index contributed by atoms with van der Waals surface area (Å²) in [6.45, 7) is -0.421. The second-order valence-corrected chi connectivity index (χ2v) is 5.61. The lowest BCUT2D eigenvalue weighted by Crippen LogP contribution is -2.11. The summed E-state index contributed by atoms with van der Waals surface area (Å²) in [5.74, 6) is -0.177. The van der Waals surface area contributed by atoms with Crippen molar-refractivity contribution < 1.29 is 19.4 Å². The third-order valence-electron chi connectivity index (χ3n) is 2.77.